The van der Waals surface area contributed by atoms with Gasteiger partial charge in [0.15, 0.2) is 5.82 Å². The number of benzene rings is 1. The van der Waals surface area contributed by atoms with Gasteiger partial charge in [0, 0.05) is 21.6 Å². The van der Waals surface area contributed by atoms with Crippen LogP contribution in [0.25, 0.3) is 28.0 Å². The first kappa shape index (κ1) is 17.7. The van der Waals surface area contributed by atoms with E-state index in [4.69, 9.17) is 26.3 Å². The first-order valence-electron chi connectivity index (χ1n) is 8.80. The standard InChI is InChI=1S/C21H21ClN4O/c1-11-16(25-18(11)21(2,3)4)19-23-15-10-14(12-8-6-7-9-13(12)22)24-20(27-5)17(15)26-19/h6-10H,1-5H3,(H,23,26). The number of aromatic amines is 1. The van der Waals surface area contributed by atoms with Crippen molar-refractivity contribution in [1.82, 2.24) is 15.0 Å². The van der Waals surface area contributed by atoms with Crippen molar-refractivity contribution in [3.05, 3.63) is 46.8 Å². The Balaban J connectivity index is 1.82. The molecule has 0 bridgehead atoms. The van der Waals surface area contributed by atoms with Crippen LogP contribution >= 0.6 is 11.6 Å². The van der Waals surface area contributed by atoms with Crippen LogP contribution in [0.15, 0.2) is 40.9 Å². The zero-order valence-corrected chi connectivity index (χ0v) is 16.8. The molecule has 6 heteroatoms. The van der Waals surface area contributed by atoms with Gasteiger partial charge in [0.05, 0.1) is 24.0 Å². The van der Waals surface area contributed by atoms with E-state index in [0.29, 0.717) is 10.9 Å². The number of nitrogens with zero attached hydrogens (tertiary/aromatic N) is 3. The van der Waals surface area contributed by atoms with Crippen LogP contribution < -0.4 is 4.74 Å². The van der Waals surface area contributed by atoms with Gasteiger partial charge in [0.1, 0.15) is 11.2 Å². The third-order valence-corrected chi connectivity index (χ3v) is 4.98. The maximum Gasteiger partial charge on any atom is 0.240 e. The van der Waals surface area contributed by atoms with Crippen molar-refractivity contribution in [2.45, 2.75) is 27.7 Å². The van der Waals surface area contributed by atoms with E-state index >= 15 is 0 Å². The van der Waals surface area contributed by atoms with Gasteiger partial charge in [-0.15, -0.1) is 0 Å². The smallest absolute Gasteiger partial charge is 0.240 e. The molecule has 1 aliphatic rings. The molecule has 1 N–H and O–H groups in total. The molecule has 0 saturated carbocycles. The van der Waals surface area contributed by atoms with E-state index in [2.05, 4.69) is 37.7 Å². The van der Waals surface area contributed by atoms with Crippen LogP contribution in [0.3, 0.4) is 0 Å². The number of imidazole rings is 1. The van der Waals surface area contributed by atoms with E-state index in [9.17, 15) is 0 Å². The van der Waals surface area contributed by atoms with E-state index in [1.807, 2.05) is 30.3 Å². The molecule has 3 aromatic rings. The van der Waals surface area contributed by atoms with E-state index < -0.39 is 0 Å². The summed E-state index contributed by atoms with van der Waals surface area (Å²) < 4.78 is 5.50. The lowest BCUT2D eigenvalue weighted by Crippen LogP contribution is -2.27. The largest absolute Gasteiger partial charge is 0.479 e. The van der Waals surface area contributed by atoms with Gasteiger partial charge in [-0.25, -0.2) is 15.0 Å². The number of allylic oxidation sites excluding steroid dienone is 1. The lowest BCUT2D eigenvalue weighted by molar-refractivity contribution is 0.403. The normalized spacial score (nSPS) is 14.4. The Bertz CT molecular complexity index is 1120. The van der Waals surface area contributed by atoms with Gasteiger partial charge in [0.25, 0.3) is 0 Å². The Kier molecular flexibility index (Phi) is 4.07. The molecule has 5 nitrogen and oxygen atoms in total. The molecule has 0 aliphatic carbocycles. The Morgan fingerprint density at radius 2 is 1.85 bits per heavy atom. The molecule has 0 amide bonds. The molecule has 0 spiro atoms. The van der Waals surface area contributed by atoms with Gasteiger partial charge < -0.3 is 9.72 Å². The Morgan fingerprint density at radius 1 is 1.11 bits per heavy atom. The highest BCUT2D eigenvalue weighted by Gasteiger charge is 2.31. The fourth-order valence-corrected chi connectivity index (χ4v) is 3.58. The van der Waals surface area contributed by atoms with E-state index in [-0.39, 0.29) is 5.41 Å². The zero-order chi connectivity index (χ0) is 19.3. The molecule has 3 heterocycles. The second-order valence-corrected chi connectivity index (χ2v) is 8.07. The number of aliphatic imine (C=N–C) groups is 1. The van der Waals surface area contributed by atoms with Crippen LogP contribution in [0.5, 0.6) is 5.88 Å². The van der Waals surface area contributed by atoms with Crippen LogP contribution in [0, 0.1) is 5.41 Å². The number of methoxy groups -OCH3 is 1. The predicted molar refractivity (Wildman–Crippen MR) is 110 cm³/mol. The summed E-state index contributed by atoms with van der Waals surface area (Å²) in [5.41, 5.74) is 6.28. The van der Waals surface area contributed by atoms with Crippen molar-refractivity contribution in [1.29, 1.82) is 0 Å². The van der Waals surface area contributed by atoms with Gasteiger partial charge >= 0.3 is 0 Å². The molecular formula is C21H21ClN4O. The van der Waals surface area contributed by atoms with Gasteiger partial charge in [-0.3, -0.25) is 0 Å². The molecule has 1 aromatic carbocycles. The summed E-state index contributed by atoms with van der Waals surface area (Å²) in [6, 6.07) is 9.52. The summed E-state index contributed by atoms with van der Waals surface area (Å²) in [6.45, 7) is 8.56. The number of aromatic nitrogens is 3. The minimum atomic E-state index is 0.0239. The van der Waals surface area contributed by atoms with Crippen molar-refractivity contribution in [3.63, 3.8) is 0 Å². The molecule has 0 saturated heterocycles. The van der Waals surface area contributed by atoms with Gasteiger partial charge in [0.2, 0.25) is 5.88 Å². The molecule has 0 fully saturated rings. The van der Waals surface area contributed by atoms with Crippen molar-refractivity contribution in [2.24, 2.45) is 10.4 Å². The Morgan fingerprint density at radius 3 is 2.48 bits per heavy atom. The minimum absolute atomic E-state index is 0.0239. The Labute approximate surface area is 163 Å². The van der Waals surface area contributed by atoms with Crippen LogP contribution in [-0.4, -0.2) is 27.8 Å². The van der Waals surface area contributed by atoms with Crippen molar-refractivity contribution in [3.8, 4) is 17.1 Å². The maximum absolute atomic E-state index is 6.34. The molecule has 4 rings (SSSR count). The number of hydrogen-bond acceptors (Lipinski definition) is 4. The number of nitrogens with one attached hydrogen (secondary N) is 1. The van der Waals surface area contributed by atoms with Crippen molar-refractivity contribution in [2.75, 3.05) is 7.11 Å². The third-order valence-electron chi connectivity index (χ3n) is 4.65. The molecular weight excluding hydrogens is 360 g/mol. The van der Waals surface area contributed by atoms with Crippen LogP contribution in [0.2, 0.25) is 5.02 Å². The highest BCUT2D eigenvalue weighted by Crippen LogP contribution is 2.38. The number of H-pyrrole nitrogens is 1. The fourth-order valence-electron chi connectivity index (χ4n) is 3.35. The second-order valence-electron chi connectivity index (χ2n) is 7.66. The summed E-state index contributed by atoms with van der Waals surface area (Å²) in [5.74, 6) is 1.21. The third kappa shape index (κ3) is 2.92. The minimum Gasteiger partial charge on any atom is -0.479 e. The number of halogens is 1. The molecule has 138 valence electrons. The molecule has 0 atom stereocenters. The average Bonchev–Trinajstić information content (AvgIpc) is 3.01. The summed E-state index contributed by atoms with van der Waals surface area (Å²) in [7, 11) is 1.60. The fraction of sp³-hybridized carbons (Fsp3) is 0.286. The lowest BCUT2D eigenvalue weighted by Gasteiger charge is -2.29. The number of hydrogen-bond donors (Lipinski definition) is 1. The van der Waals surface area contributed by atoms with Gasteiger partial charge in [-0.05, 0) is 19.1 Å². The molecule has 1 aliphatic heterocycles. The lowest BCUT2D eigenvalue weighted by atomic mass is 9.82. The maximum atomic E-state index is 6.34. The molecule has 0 unspecified atom stereocenters. The summed E-state index contributed by atoms with van der Waals surface area (Å²) >= 11 is 6.34. The highest BCUT2D eigenvalue weighted by molar-refractivity contribution is 6.33. The molecule has 0 radical (unpaired) electrons. The van der Waals surface area contributed by atoms with Crippen molar-refractivity contribution < 1.29 is 4.74 Å². The summed E-state index contributed by atoms with van der Waals surface area (Å²) in [5, 5.41) is 0.638. The van der Waals surface area contributed by atoms with Crippen LogP contribution in [0.4, 0.5) is 0 Å². The first-order chi connectivity index (χ1) is 12.8. The van der Waals surface area contributed by atoms with Crippen LogP contribution in [0.1, 0.15) is 33.5 Å². The summed E-state index contributed by atoms with van der Waals surface area (Å²) in [4.78, 5) is 17.4. The van der Waals surface area contributed by atoms with E-state index in [1.54, 1.807) is 7.11 Å². The van der Waals surface area contributed by atoms with Crippen LogP contribution in [-0.2, 0) is 0 Å². The highest BCUT2D eigenvalue weighted by atomic mass is 35.5. The van der Waals surface area contributed by atoms with Crippen molar-refractivity contribution >= 4 is 34.0 Å². The Hall–Kier alpha value is -2.66. The monoisotopic (exact) mass is 380 g/mol. The van der Waals surface area contributed by atoms with E-state index in [0.717, 1.165) is 39.5 Å². The topological polar surface area (TPSA) is 63.2 Å². The molecule has 27 heavy (non-hydrogen) atoms. The quantitative estimate of drug-likeness (QED) is 0.650. The number of rotatable bonds is 3. The van der Waals surface area contributed by atoms with Gasteiger partial charge in [-0.1, -0.05) is 50.6 Å². The number of pyridine rings is 1. The average molecular weight is 381 g/mol. The SMILES string of the molecule is COc1nc(-c2ccccc2Cl)cc2nc(C3=C(C)C(C(C)(C)C)=N3)[nH]c12. The molecule has 2 aromatic heterocycles. The number of fused-ring (bicyclic) bond motifs is 1. The predicted octanol–water partition coefficient (Wildman–Crippen LogP) is 5.52. The first-order valence-corrected chi connectivity index (χ1v) is 9.18. The second kappa shape index (κ2) is 6.20. The van der Waals surface area contributed by atoms with E-state index in [1.165, 1.54) is 5.57 Å². The van der Waals surface area contributed by atoms with Gasteiger partial charge in [-0.2, -0.15) is 0 Å². The number of ether oxygens (including phenoxy) is 1. The summed E-state index contributed by atoms with van der Waals surface area (Å²) in [6.07, 6.45) is 0. The zero-order valence-electron chi connectivity index (χ0n) is 16.0.